The predicted octanol–water partition coefficient (Wildman–Crippen LogP) is 9.40. The van der Waals surface area contributed by atoms with Crippen LogP contribution in [0.1, 0.15) is 117 Å². The number of amides is 2. The Morgan fingerprint density at radius 1 is 0.750 bits per heavy atom. The van der Waals surface area contributed by atoms with Crippen molar-refractivity contribution < 1.29 is 22.7 Å². The van der Waals surface area contributed by atoms with Crippen molar-refractivity contribution in [1.29, 1.82) is 0 Å². The first kappa shape index (κ1) is 39.5. The van der Waals surface area contributed by atoms with E-state index >= 15 is 0 Å². The van der Waals surface area contributed by atoms with Crippen LogP contribution in [-0.4, -0.2) is 58.3 Å². The molecule has 0 spiro atoms. The van der Waals surface area contributed by atoms with Crippen molar-refractivity contribution in [2.24, 2.45) is 5.92 Å². The molecule has 0 aliphatic carbocycles. The molecule has 0 bridgehead atoms. The number of anilines is 2. The maximum Gasteiger partial charge on any atom is 0.319 e. The Hall–Kier alpha value is -2.94. The average Bonchev–Trinajstić information content (AvgIpc) is 3.09. The zero-order valence-corrected chi connectivity index (χ0v) is 30.8. The van der Waals surface area contributed by atoms with Gasteiger partial charge in [0.05, 0.1) is 11.5 Å². The van der Waals surface area contributed by atoms with Crippen LogP contribution < -0.4 is 25.0 Å². The number of ether oxygens (including phenoxy) is 2. The number of hydrogen-bond donors (Lipinski definition) is 2. The van der Waals surface area contributed by atoms with E-state index in [1.807, 2.05) is 48.5 Å². The molecule has 2 atom stereocenters. The second-order valence-electron chi connectivity index (χ2n) is 13.4. The molecule has 48 heavy (non-hydrogen) atoms. The van der Waals surface area contributed by atoms with E-state index in [-0.39, 0.29) is 23.6 Å². The lowest BCUT2D eigenvalue weighted by molar-refractivity contribution is 0.118. The van der Waals surface area contributed by atoms with Crippen LogP contribution in [0.2, 0.25) is 0 Å². The lowest BCUT2D eigenvalue weighted by atomic mass is 9.99. The van der Waals surface area contributed by atoms with Gasteiger partial charge in [-0.25, -0.2) is 13.2 Å². The number of sulfone groups is 1. The normalized spacial score (nSPS) is 15.4. The van der Waals surface area contributed by atoms with Crippen molar-refractivity contribution in [1.82, 2.24) is 5.32 Å². The van der Waals surface area contributed by atoms with Crippen molar-refractivity contribution in [2.45, 2.75) is 123 Å². The van der Waals surface area contributed by atoms with E-state index < -0.39 is 9.84 Å². The fourth-order valence-electron chi connectivity index (χ4n) is 6.11. The van der Waals surface area contributed by atoms with Crippen LogP contribution >= 0.6 is 0 Å². The first-order valence-corrected chi connectivity index (χ1v) is 20.6. The van der Waals surface area contributed by atoms with Crippen molar-refractivity contribution in [2.75, 3.05) is 48.0 Å². The SMILES string of the molecule is CCCCCCCCCCCCC(COc1ccc(N2CCS(=O)(=O)CC2)cc1)Oc1ccc(NC(=O)NCC(CC)CCCC)cc1. The molecule has 0 radical (unpaired) electrons. The summed E-state index contributed by atoms with van der Waals surface area (Å²) in [5.41, 5.74) is 1.75. The first-order valence-electron chi connectivity index (χ1n) is 18.8. The third-order valence-corrected chi connectivity index (χ3v) is 11.0. The third kappa shape index (κ3) is 16.0. The summed E-state index contributed by atoms with van der Waals surface area (Å²) in [7, 11) is -2.91. The molecule has 2 aromatic rings. The quantitative estimate of drug-likeness (QED) is 0.107. The third-order valence-electron chi connectivity index (χ3n) is 9.37. The largest absolute Gasteiger partial charge is 0.490 e. The summed E-state index contributed by atoms with van der Waals surface area (Å²) in [5.74, 6) is 2.43. The minimum Gasteiger partial charge on any atom is -0.490 e. The molecule has 2 unspecified atom stereocenters. The average molecular weight is 686 g/mol. The molecule has 0 saturated carbocycles. The van der Waals surface area contributed by atoms with Gasteiger partial charge < -0.3 is 25.0 Å². The van der Waals surface area contributed by atoms with E-state index in [2.05, 4.69) is 36.3 Å². The summed E-state index contributed by atoms with van der Waals surface area (Å²) in [6, 6.07) is 15.3. The number of nitrogens with one attached hydrogen (secondary N) is 2. The summed E-state index contributed by atoms with van der Waals surface area (Å²) in [4.78, 5) is 14.6. The zero-order valence-electron chi connectivity index (χ0n) is 30.0. The van der Waals surface area contributed by atoms with Crippen molar-refractivity contribution >= 4 is 27.2 Å². The Labute approximate surface area is 291 Å². The molecule has 270 valence electrons. The Balaban J connectivity index is 1.49. The van der Waals surface area contributed by atoms with Crippen molar-refractivity contribution in [3.63, 3.8) is 0 Å². The van der Waals surface area contributed by atoms with E-state index in [0.29, 0.717) is 32.2 Å². The summed E-state index contributed by atoms with van der Waals surface area (Å²) in [6.07, 6.45) is 18.2. The van der Waals surface area contributed by atoms with Crippen LogP contribution in [0, 0.1) is 5.92 Å². The van der Waals surface area contributed by atoms with Gasteiger partial charge in [-0.3, -0.25) is 0 Å². The number of rotatable bonds is 24. The lowest BCUT2D eigenvalue weighted by Gasteiger charge is -2.28. The number of unbranched alkanes of at least 4 members (excludes halogenated alkanes) is 10. The standard InChI is InChI=1S/C39H63N3O5S/c1-4-7-9-10-11-12-13-14-15-16-18-38(32-46-36-25-21-35(22-26-36)42-27-29-48(44,45)30-28-42)47-37-23-19-34(20-24-37)41-39(43)40-31-33(6-3)17-8-5-2/h19-26,33,38H,4-18,27-32H2,1-3H3,(H2,40,41,43). The number of urea groups is 1. The molecule has 2 N–H and O–H groups in total. The maximum absolute atomic E-state index is 12.5. The van der Waals surface area contributed by atoms with Gasteiger partial charge in [-0.15, -0.1) is 0 Å². The van der Waals surface area contributed by atoms with E-state index in [1.54, 1.807) is 0 Å². The van der Waals surface area contributed by atoms with Gasteiger partial charge in [-0.05, 0) is 73.7 Å². The highest BCUT2D eigenvalue weighted by Crippen LogP contribution is 2.24. The predicted molar refractivity (Wildman–Crippen MR) is 200 cm³/mol. The van der Waals surface area contributed by atoms with Crippen LogP contribution in [0.3, 0.4) is 0 Å². The van der Waals surface area contributed by atoms with Gasteiger partial charge in [-0.2, -0.15) is 0 Å². The highest BCUT2D eigenvalue weighted by Gasteiger charge is 2.22. The second kappa shape index (κ2) is 22.6. The fraction of sp³-hybridized carbons (Fsp3) is 0.667. The summed E-state index contributed by atoms with van der Waals surface area (Å²) >= 11 is 0. The van der Waals surface area contributed by atoms with E-state index in [1.165, 1.54) is 70.6 Å². The summed E-state index contributed by atoms with van der Waals surface area (Å²) in [5, 5.41) is 5.97. The molecule has 2 aromatic carbocycles. The molecular weight excluding hydrogens is 623 g/mol. The van der Waals surface area contributed by atoms with Crippen LogP contribution in [0.5, 0.6) is 11.5 Å². The molecule has 1 aliphatic rings. The van der Waals surface area contributed by atoms with Crippen molar-refractivity contribution in [3.05, 3.63) is 48.5 Å². The molecule has 8 nitrogen and oxygen atoms in total. The van der Waals surface area contributed by atoms with Crippen LogP contribution in [0.4, 0.5) is 16.2 Å². The molecular formula is C39H63N3O5S. The monoisotopic (exact) mass is 685 g/mol. The minimum absolute atomic E-state index is 0.109. The van der Waals surface area contributed by atoms with E-state index in [9.17, 15) is 13.2 Å². The van der Waals surface area contributed by atoms with Crippen molar-refractivity contribution in [3.8, 4) is 11.5 Å². The van der Waals surface area contributed by atoms with Crippen LogP contribution in [0.15, 0.2) is 48.5 Å². The van der Waals surface area contributed by atoms with Crippen LogP contribution in [0.25, 0.3) is 0 Å². The number of carbonyl (C=O) groups excluding carboxylic acids is 1. The molecule has 0 aromatic heterocycles. The van der Waals surface area contributed by atoms with Gasteiger partial charge in [0.25, 0.3) is 0 Å². The number of carbonyl (C=O) groups is 1. The van der Waals surface area contributed by atoms with Gasteiger partial charge in [0, 0.05) is 31.0 Å². The van der Waals surface area contributed by atoms with Gasteiger partial charge >= 0.3 is 6.03 Å². The lowest BCUT2D eigenvalue weighted by Crippen LogP contribution is -2.40. The number of hydrogen-bond acceptors (Lipinski definition) is 6. The van der Waals surface area contributed by atoms with Crippen LogP contribution in [-0.2, 0) is 9.84 Å². The maximum atomic E-state index is 12.5. The highest BCUT2D eigenvalue weighted by molar-refractivity contribution is 7.91. The van der Waals surface area contributed by atoms with Gasteiger partial charge in [-0.1, -0.05) is 97.8 Å². The Morgan fingerprint density at radius 3 is 1.94 bits per heavy atom. The molecule has 1 aliphatic heterocycles. The first-order chi connectivity index (χ1) is 23.3. The van der Waals surface area contributed by atoms with Gasteiger partial charge in [0.1, 0.15) is 24.2 Å². The molecule has 9 heteroatoms. The second-order valence-corrected chi connectivity index (χ2v) is 15.7. The number of nitrogens with zero attached hydrogens (tertiary/aromatic N) is 1. The Kier molecular flexibility index (Phi) is 18.6. The Morgan fingerprint density at radius 2 is 1.33 bits per heavy atom. The molecule has 1 heterocycles. The summed E-state index contributed by atoms with van der Waals surface area (Å²) in [6.45, 7) is 8.80. The smallest absolute Gasteiger partial charge is 0.319 e. The zero-order chi connectivity index (χ0) is 34.5. The molecule has 1 fully saturated rings. The topological polar surface area (TPSA) is 97.0 Å². The Bertz CT molecular complexity index is 1240. The highest BCUT2D eigenvalue weighted by atomic mass is 32.2. The van der Waals surface area contributed by atoms with Gasteiger partial charge in [0.2, 0.25) is 0 Å². The fourth-order valence-corrected chi connectivity index (χ4v) is 7.31. The van der Waals surface area contributed by atoms with E-state index in [4.69, 9.17) is 9.47 Å². The number of benzene rings is 2. The minimum atomic E-state index is -2.91. The molecule has 1 saturated heterocycles. The molecule has 2 amide bonds. The van der Waals surface area contributed by atoms with Gasteiger partial charge in [0.15, 0.2) is 9.84 Å². The van der Waals surface area contributed by atoms with E-state index in [0.717, 1.165) is 48.6 Å². The molecule has 3 rings (SSSR count). The summed E-state index contributed by atoms with van der Waals surface area (Å²) < 4.78 is 36.3.